The molecule has 0 spiro atoms. The smallest absolute Gasteiger partial charge is 0.397 e. The topological polar surface area (TPSA) is 178 Å². The van der Waals surface area contributed by atoms with Crippen LogP contribution in [0.5, 0.6) is 0 Å². The Kier molecular flexibility index (Phi) is 36.5. The first-order valence-corrected chi connectivity index (χ1v) is 25.3. The fourth-order valence-corrected chi connectivity index (χ4v) is 8.00. The first kappa shape index (κ1) is 55.9. The molecule has 350 valence electrons. The number of aliphatic hydroxyl groups is 3. The molecule has 1 heterocycles. The van der Waals surface area contributed by atoms with E-state index in [2.05, 4.69) is 30.2 Å². The van der Waals surface area contributed by atoms with E-state index in [4.69, 9.17) is 23.5 Å². The van der Waals surface area contributed by atoms with Crippen LogP contribution < -0.4 is 0 Å². The molecule has 0 bridgehead atoms. The summed E-state index contributed by atoms with van der Waals surface area (Å²) >= 11 is 0. The first-order valence-electron chi connectivity index (χ1n) is 23.9. The van der Waals surface area contributed by atoms with Crippen LogP contribution in [-0.2, 0) is 38.3 Å². The number of rotatable bonds is 42. The van der Waals surface area contributed by atoms with Crippen molar-refractivity contribution in [1.82, 2.24) is 0 Å². The van der Waals surface area contributed by atoms with Gasteiger partial charge in [0.1, 0.15) is 30.5 Å². The van der Waals surface area contributed by atoms with Gasteiger partial charge in [0.15, 0.2) is 6.29 Å². The van der Waals surface area contributed by atoms with Gasteiger partial charge in [0.2, 0.25) is 0 Å². The van der Waals surface area contributed by atoms with Crippen LogP contribution in [0.1, 0.15) is 213 Å². The number of aliphatic hydroxyl groups excluding tert-OH is 3. The zero-order valence-electron chi connectivity index (χ0n) is 37.3. The molecule has 0 amide bonds. The Morgan fingerprint density at radius 3 is 1.53 bits per heavy atom. The van der Waals surface area contributed by atoms with E-state index in [1.165, 1.54) is 141 Å². The molecule has 0 aromatic carbocycles. The minimum absolute atomic E-state index is 0.0400. The molecule has 12 nitrogen and oxygen atoms in total. The van der Waals surface area contributed by atoms with Crippen molar-refractivity contribution in [2.45, 2.75) is 250 Å². The summed E-state index contributed by atoms with van der Waals surface area (Å²) in [6.07, 6.45) is 32.4. The maximum absolute atomic E-state index is 12.9. The Morgan fingerprint density at radius 2 is 1.07 bits per heavy atom. The number of unbranched alkanes of at least 4 members (excludes halogenated alkanes) is 27. The molecular formula is C46H88O12S. The van der Waals surface area contributed by atoms with Crippen LogP contribution in [-0.4, -0.2) is 97.5 Å². The second-order valence-corrected chi connectivity index (χ2v) is 17.8. The third kappa shape index (κ3) is 32.2. The predicted octanol–water partition coefficient (Wildman–Crippen LogP) is 10.2. The van der Waals surface area contributed by atoms with Crippen LogP contribution in [0.4, 0.5) is 0 Å². The van der Waals surface area contributed by atoms with Gasteiger partial charge < -0.3 is 34.3 Å². The Bertz CT molecular complexity index is 1090. The van der Waals surface area contributed by atoms with Gasteiger partial charge in [-0.2, -0.15) is 8.42 Å². The molecule has 1 aliphatic heterocycles. The van der Waals surface area contributed by atoms with Crippen LogP contribution in [0.3, 0.4) is 0 Å². The van der Waals surface area contributed by atoms with Gasteiger partial charge in [0, 0.05) is 13.0 Å². The van der Waals surface area contributed by atoms with Crippen LogP contribution in [0.2, 0.25) is 0 Å². The minimum Gasteiger partial charge on any atom is -0.457 e. The second-order valence-electron chi connectivity index (χ2n) is 16.7. The standard InChI is InChI=1S/C46H88O12S/c1-3-5-7-9-11-13-15-17-19-20-21-22-23-25-27-29-31-33-35-42(48)56-40(38-54-36-34-32-30-28-26-24-18-16-14-12-10-8-6-4-2)39-55-46-44(50)45(58-59(51,52)53)43(49)41(37-47)57-46/h19-20,40-41,43-47,49-50H,3-18,21-39H2,1-2H3,(H,51,52,53)/b20-19-. The molecule has 0 aliphatic carbocycles. The van der Waals surface area contributed by atoms with Crippen molar-refractivity contribution in [3.05, 3.63) is 12.2 Å². The molecule has 1 saturated heterocycles. The minimum atomic E-state index is -5.06. The highest BCUT2D eigenvalue weighted by molar-refractivity contribution is 7.80. The molecular weight excluding hydrogens is 777 g/mol. The van der Waals surface area contributed by atoms with Crippen molar-refractivity contribution in [2.75, 3.05) is 26.4 Å². The lowest BCUT2D eigenvalue weighted by molar-refractivity contribution is -0.301. The van der Waals surface area contributed by atoms with E-state index in [-0.39, 0.29) is 19.6 Å². The molecule has 0 aromatic heterocycles. The van der Waals surface area contributed by atoms with Crippen LogP contribution in [0.15, 0.2) is 12.2 Å². The largest absolute Gasteiger partial charge is 0.457 e. The van der Waals surface area contributed by atoms with E-state index in [0.29, 0.717) is 13.0 Å². The summed E-state index contributed by atoms with van der Waals surface area (Å²) in [7, 11) is -5.06. The van der Waals surface area contributed by atoms with Crippen molar-refractivity contribution >= 4 is 16.4 Å². The molecule has 0 radical (unpaired) electrons. The Morgan fingerprint density at radius 1 is 0.627 bits per heavy atom. The molecule has 4 N–H and O–H groups in total. The van der Waals surface area contributed by atoms with Crippen LogP contribution in [0.25, 0.3) is 0 Å². The highest BCUT2D eigenvalue weighted by Crippen LogP contribution is 2.26. The Balaban J connectivity index is 2.39. The van der Waals surface area contributed by atoms with Crippen LogP contribution in [0, 0.1) is 0 Å². The number of hydrogen-bond acceptors (Lipinski definition) is 11. The molecule has 59 heavy (non-hydrogen) atoms. The van der Waals surface area contributed by atoms with Crippen molar-refractivity contribution in [1.29, 1.82) is 0 Å². The monoisotopic (exact) mass is 865 g/mol. The zero-order valence-corrected chi connectivity index (χ0v) is 38.1. The van der Waals surface area contributed by atoms with Gasteiger partial charge in [-0.1, -0.05) is 180 Å². The number of esters is 1. The van der Waals surface area contributed by atoms with Crippen molar-refractivity contribution < 1.29 is 56.2 Å². The van der Waals surface area contributed by atoms with Gasteiger partial charge in [-0.25, -0.2) is 4.18 Å². The summed E-state index contributed by atoms with van der Waals surface area (Å²) in [5.41, 5.74) is 0. The quantitative estimate of drug-likeness (QED) is 0.0198. The summed E-state index contributed by atoms with van der Waals surface area (Å²) < 4.78 is 59.1. The number of carbonyl (C=O) groups excluding carboxylic acids is 1. The average Bonchev–Trinajstić information content (AvgIpc) is 3.20. The normalized spacial score (nSPS) is 20.4. The van der Waals surface area contributed by atoms with E-state index in [1.807, 2.05) is 0 Å². The Labute approximate surface area is 359 Å². The van der Waals surface area contributed by atoms with E-state index in [9.17, 15) is 28.5 Å². The maximum Gasteiger partial charge on any atom is 0.397 e. The van der Waals surface area contributed by atoms with Crippen molar-refractivity contribution in [3.63, 3.8) is 0 Å². The highest BCUT2D eigenvalue weighted by Gasteiger charge is 2.48. The number of hydrogen-bond donors (Lipinski definition) is 4. The van der Waals surface area contributed by atoms with Crippen LogP contribution >= 0.6 is 0 Å². The van der Waals surface area contributed by atoms with Gasteiger partial charge in [-0.15, -0.1) is 0 Å². The predicted molar refractivity (Wildman–Crippen MR) is 234 cm³/mol. The van der Waals surface area contributed by atoms with Gasteiger partial charge in [-0.05, 0) is 38.5 Å². The molecule has 0 saturated carbocycles. The molecule has 1 fully saturated rings. The number of ether oxygens (including phenoxy) is 4. The molecule has 13 heteroatoms. The fourth-order valence-electron chi connectivity index (χ4n) is 7.49. The summed E-state index contributed by atoms with van der Waals surface area (Å²) in [6, 6.07) is 0. The van der Waals surface area contributed by atoms with Gasteiger partial charge >= 0.3 is 16.4 Å². The number of carbonyl (C=O) groups is 1. The van der Waals surface area contributed by atoms with Gasteiger partial charge in [0.05, 0.1) is 19.8 Å². The summed E-state index contributed by atoms with van der Waals surface area (Å²) in [5, 5.41) is 30.7. The van der Waals surface area contributed by atoms with E-state index in [1.54, 1.807) is 0 Å². The summed E-state index contributed by atoms with van der Waals surface area (Å²) in [4.78, 5) is 12.9. The van der Waals surface area contributed by atoms with E-state index in [0.717, 1.165) is 44.9 Å². The fraction of sp³-hybridized carbons (Fsp3) is 0.935. The van der Waals surface area contributed by atoms with E-state index >= 15 is 0 Å². The molecule has 0 aromatic rings. The lowest BCUT2D eigenvalue weighted by Crippen LogP contribution is -2.60. The first-order chi connectivity index (χ1) is 28.6. The van der Waals surface area contributed by atoms with Gasteiger partial charge in [0.25, 0.3) is 0 Å². The zero-order chi connectivity index (χ0) is 43.2. The third-order valence-electron chi connectivity index (χ3n) is 11.1. The van der Waals surface area contributed by atoms with Crippen molar-refractivity contribution in [3.8, 4) is 0 Å². The highest BCUT2D eigenvalue weighted by atomic mass is 32.3. The second kappa shape index (κ2) is 38.5. The van der Waals surface area contributed by atoms with Gasteiger partial charge in [-0.3, -0.25) is 9.35 Å². The summed E-state index contributed by atoms with van der Waals surface area (Å²) in [5.74, 6) is -0.400. The van der Waals surface area contributed by atoms with E-state index < -0.39 is 59.8 Å². The maximum atomic E-state index is 12.9. The lowest BCUT2D eigenvalue weighted by atomic mass is 9.99. The molecule has 1 rings (SSSR count). The van der Waals surface area contributed by atoms with Crippen molar-refractivity contribution in [2.24, 2.45) is 0 Å². The summed E-state index contributed by atoms with van der Waals surface area (Å²) in [6.45, 7) is 4.01. The SMILES string of the molecule is CCCCCCCCC/C=C\CCCCCCCCCC(=O)OC(COCCCCCCCCCCCCCCCC)COC1OC(CO)C(O)C(OS(=O)(=O)O)C1O. The average molecular weight is 865 g/mol. The third-order valence-corrected chi connectivity index (χ3v) is 11.6. The number of allylic oxidation sites excluding steroid dienone is 2. The molecule has 6 unspecified atom stereocenters. The Hall–Kier alpha value is -1.16. The molecule has 6 atom stereocenters. The molecule has 1 aliphatic rings. The lowest BCUT2D eigenvalue weighted by Gasteiger charge is -2.41.